The van der Waals surface area contributed by atoms with Crippen molar-refractivity contribution in [1.29, 1.82) is 0 Å². The summed E-state index contributed by atoms with van der Waals surface area (Å²) in [6.45, 7) is 7.14. The van der Waals surface area contributed by atoms with Crippen molar-refractivity contribution >= 4 is 12.0 Å². The first-order valence-electron chi connectivity index (χ1n) is 11.2. The zero-order valence-corrected chi connectivity index (χ0v) is 18.9. The van der Waals surface area contributed by atoms with Crippen molar-refractivity contribution in [3.63, 3.8) is 0 Å². The number of likely N-dealkylation sites (tertiary alicyclic amines) is 1. The maximum absolute atomic E-state index is 13.6. The minimum Gasteiger partial charge on any atom is -0.444 e. The van der Waals surface area contributed by atoms with Crippen LogP contribution in [0.1, 0.15) is 44.4 Å². The number of ether oxygens (including phenoxy) is 1. The van der Waals surface area contributed by atoms with Gasteiger partial charge in [0, 0.05) is 43.7 Å². The lowest BCUT2D eigenvalue weighted by atomic mass is 9.83. The molecule has 1 aromatic carbocycles. The zero-order valence-electron chi connectivity index (χ0n) is 18.9. The summed E-state index contributed by atoms with van der Waals surface area (Å²) in [6, 6.07) is 14.3. The lowest BCUT2D eigenvalue weighted by Gasteiger charge is -2.43. The topological polar surface area (TPSA) is 80.6 Å². The number of amides is 2. The third kappa shape index (κ3) is 5.03. The predicted octanol–water partition coefficient (Wildman–Crippen LogP) is 2.93. The second-order valence-electron chi connectivity index (χ2n) is 9.83. The van der Waals surface area contributed by atoms with Crippen LogP contribution in [-0.2, 0) is 22.5 Å². The average Bonchev–Trinajstić information content (AvgIpc) is 2.73. The summed E-state index contributed by atoms with van der Waals surface area (Å²) in [6.07, 6.45) is 0.762. The van der Waals surface area contributed by atoms with Gasteiger partial charge in [0.25, 0.3) is 5.56 Å². The maximum Gasteiger partial charge on any atom is 0.408 e. The highest BCUT2D eigenvalue weighted by Crippen LogP contribution is 2.35. The number of rotatable bonds is 4. The van der Waals surface area contributed by atoms with Crippen molar-refractivity contribution in [1.82, 2.24) is 14.8 Å². The molecule has 7 nitrogen and oxygen atoms in total. The lowest BCUT2D eigenvalue weighted by Crippen LogP contribution is -2.55. The van der Waals surface area contributed by atoms with E-state index in [1.807, 2.05) is 45.9 Å². The van der Waals surface area contributed by atoms with Crippen molar-refractivity contribution < 1.29 is 14.3 Å². The zero-order chi connectivity index (χ0) is 22.9. The number of hydrogen-bond acceptors (Lipinski definition) is 4. The maximum atomic E-state index is 13.6. The van der Waals surface area contributed by atoms with Crippen LogP contribution in [0.3, 0.4) is 0 Å². The standard InChI is InChI=1S/C25H31N3O4/c1-25(2,3)32-24(31)26-20(13-17-8-5-4-6-9-17)23(30)27-14-18-12-19(16-27)21-10-7-11-22(29)28(21)15-18/h4-11,18-20H,12-16H2,1-3H3,(H,26,31). The smallest absolute Gasteiger partial charge is 0.408 e. The molecule has 32 heavy (non-hydrogen) atoms. The fourth-order valence-corrected chi connectivity index (χ4v) is 4.80. The SMILES string of the molecule is CC(C)(C)OC(=O)NC(Cc1ccccc1)C(=O)N1CC2CC(C1)c1cccc(=O)n1C2. The molecule has 1 saturated heterocycles. The molecule has 4 rings (SSSR count). The molecule has 3 atom stereocenters. The van der Waals surface area contributed by atoms with E-state index in [0.717, 1.165) is 17.7 Å². The molecule has 3 unspecified atom stereocenters. The van der Waals surface area contributed by atoms with E-state index < -0.39 is 17.7 Å². The Hall–Kier alpha value is -3.09. The summed E-state index contributed by atoms with van der Waals surface area (Å²) in [5.74, 6) is 0.240. The second kappa shape index (κ2) is 8.81. The highest BCUT2D eigenvalue weighted by atomic mass is 16.6. The van der Waals surface area contributed by atoms with E-state index in [0.29, 0.717) is 26.1 Å². The van der Waals surface area contributed by atoms with E-state index in [9.17, 15) is 14.4 Å². The molecular formula is C25H31N3O4. The van der Waals surface area contributed by atoms with Gasteiger partial charge in [-0.3, -0.25) is 9.59 Å². The fourth-order valence-electron chi connectivity index (χ4n) is 4.80. The van der Waals surface area contributed by atoms with Crippen molar-refractivity contribution in [2.75, 3.05) is 13.1 Å². The molecule has 2 aliphatic rings. The van der Waals surface area contributed by atoms with Crippen LogP contribution < -0.4 is 10.9 Å². The van der Waals surface area contributed by atoms with Crippen LogP contribution in [-0.4, -0.2) is 46.2 Å². The summed E-state index contributed by atoms with van der Waals surface area (Å²) >= 11 is 0. The number of aromatic nitrogens is 1. The molecule has 170 valence electrons. The summed E-state index contributed by atoms with van der Waals surface area (Å²) in [7, 11) is 0. The molecule has 2 amide bonds. The van der Waals surface area contributed by atoms with Crippen LogP contribution in [0.4, 0.5) is 4.79 Å². The summed E-state index contributed by atoms with van der Waals surface area (Å²) in [4.78, 5) is 40.2. The minimum atomic E-state index is -0.718. The quantitative estimate of drug-likeness (QED) is 0.798. The van der Waals surface area contributed by atoms with Crippen LogP contribution in [0.5, 0.6) is 0 Å². The predicted molar refractivity (Wildman–Crippen MR) is 121 cm³/mol. The monoisotopic (exact) mass is 437 g/mol. The lowest BCUT2D eigenvalue weighted by molar-refractivity contribution is -0.136. The minimum absolute atomic E-state index is 0.0190. The number of benzene rings is 1. The molecule has 3 heterocycles. The Bertz CT molecular complexity index is 1040. The van der Waals surface area contributed by atoms with E-state index in [1.165, 1.54) is 0 Å². The molecule has 2 bridgehead atoms. The number of nitrogens with one attached hydrogen (secondary N) is 1. The van der Waals surface area contributed by atoms with Gasteiger partial charge in [0.2, 0.25) is 5.91 Å². The van der Waals surface area contributed by atoms with Crippen LogP contribution in [0, 0.1) is 5.92 Å². The third-order valence-electron chi connectivity index (χ3n) is 6.06. The first-order chi connectivity index (χ1) is 15.2. The highest BCUT2D eigenvalue weighted by Gasteiger charge is 2.38. The summed E-state index contributed by atoms with van der Waals surface area (Å²) in [5.41, 5.74) is 1.33. The Balaban J connectivity index is 1.54. The number of fused-ring (bicyclic) bond motifs is 4. The molecule has 7 heteroatoms. The highest BCUT2D eigenvalue weighted by molar-refractivity contribution is 5.86. The molecule has 2 aliphatic heterocycles. The van der Waals surface area contributed by atoms with Gasteiger partial charge in [-0.1, -0.05) is 36.4 Å². The van der Waals surface area contributed by atoms with Crippen LogP contribution in [0.2, 0.25) is 0 Å². The van der Waals surface area contributed by atoms with E-state index in [-0.39, 0.29) is 23.3 Å². The second-order valence-corrected chi connectivity index (χ2v) is 9.83. The molecule has 0 aliphatic carbocycles. The number of piperidine rings is 1. The van der Waals surface area contributed by atoms with Gasteiger partial charge < -0.3 is 19.5 Å². The number of carbonyl (C=O) groups is 2. The van der Waals surface area contributed by atoms with Gasteiger partial charge in [-0.05, 0) is 44.7 Å². The normalized spacial score (nSPS) is 20.8. The average molecular weight is 438 g/mol. The number of nitrogens with zero attached hydrogens (tertiary/aromatic N) is 2. The Morgan fingerprint density at radius 3 is 2.53 bits per heavy atom. The van der Waals surface area contributed by atoms with Crippen molar-refractivity contribution in [2.24, 2.45) is 5.92 Å². The molecule has 1 N–H and O–H groups in total. The Labute approximate surface area is 188 Å². The number of pyridine rings is 1. The van der Waals surface area contributed by atoms with E-state index in [2.05, 4.69) is 5.32 Å². The number of alkyl carbamates (subject to hydrolysis) is 1. The van der Waals surface area contributed by atoms with Crippen molar-refractivity contribution in [3.8, 4) is 0 Å². The van der Waals surface area contributed by atoms with Crippen molar-refractivity contribution in [2.45, 2.75) is 57.7 Å². The third-order valence-corrected chi connectivity index (χ3v) is 6.06. The molecule has 0 saturated carbocycles. The number of carbonyl (C=O) groups excluding carboxylic acids is 2. The Kier molecular flexibility index (Phi) is 6.09. The first kappa shape index (κ1) is 22.1. The van der Waals surface area contributed by atoms with E-state index in [1.54, 1.807) is 32.9 Å². The largest absolute Gasteiger partial charge is 0.444 e. The molecule has 2 aromatic rings. The Morgan fingerprint density at radius 1 is 1.06 bits per heavy atom. The number of hydrogen-bond donors (Lipinski definition) is 1. The van der Waals surface area contributed by atoms with Crippen LogP contribution in [0.25, 0.3) is 0 Å². The molecular weight excluding hydrogens is 406 g/mol. The molecule has 0 spiro atoms. The van der Waals surface area contributed by atoms with Crippen LogP contribution >= 0.6 is 0 Å². The summed E-state index contributed by atoms with van der Waals surface area (Å²) in [5, 5.41) is 2.81. The van der Waals surface area contributed by atoms with Gasteiger partial charge in [-0.15, -0.1) is 0 Å². The van der Waals surface area contributed by atoms with Gasteiger partial charge in [-0.25, -0.2) is 4.79 Å². The van der Waals surface area contributed by atoms with Gasteiger partial charge >= 0.3 is 6.09 Å². The van der Waals surface area contributed by atoms with Gasteiger partial charge in [-0.2, -0.15) is 0 Å². The first-order valence-corrected chi connectivity index (χ1v) is 11.2. The van der Waals surface area contributed by atoms with E-state index in [4.69, 9.17) is 4.74 Å². The molecule has 0 radical (unpaired) electrons. The van der Waals surface area contributed by atoms with Gasteiger partial charge in [0.15, 0.2) is 0 Å². The molecule has 1 fully saturated rings. The molecule has 1 aromatic heterocycles. The summed E-state index contributed by atoms with van der Waals surface area (Å²) < 4.78 is 7.27. The van der Waals surface area contributed by atoms with Crippen molar-refractivity contribution in [3.05, 3.63) is 70.1 Å². The van der Waals surface area contributed by atoms with Crippen LogP contribution in [0.15, 0.2) is 53.3 Å². The van der Waals surface area contributed by atoms with Gasteiger partial charge in [0.05, 0.1) is 0 Å². The van der Waals surface area contributed by atoms with E-state index >= 15 is 0 Å². The Morgan fingerprint density at radius 2 is 1.81 bits per heavy atom. The van der Waals surface area contributed by atoms with Gasteiger partial charge in [0.1, 0.15) is 11.6 Å². The fraction of sp³-hybridized carbons (Fsp3) is 0.480.